The van der Waals surface area contributed by atoms with Gasteiger partial charge in [-0.15, -0.1) is 0 Å². The summed E-state index contributed by atoms with van der Waals surface area (Å²) in [6, 6.07) is 62.6. The largest absolute Gasteiger partial charge is 0.456 e. The van der Waals surface area contributed by atoms with Gasteiger partial charge in [-0.1, -0.05) is 152 Å². The van der Waals surface area contributed by atoms with Crippen molar-refractivity contribution in [1.82, 2.24) is 19.5 Å². The van der Waals surface area contributed by atoms with Crippen LogP contribution in [-0.2, 0) is 0 Å². The Balaban J connectivity index is 0.977. The highest BCUT2D eigenvalue weighted by atomic mass is 16.3. The van der Waals surface area contributed by atoms with Crippen LogP contribution in [0.25, 0.3) is 117 Å². The van der Waals surface area contributed by atoms with Crippen molar-refractivity contribution >= 4 is 65.7 Å². The van der Waals surface area contributed by atoms with Gasteiger partial charge in [0.15, 0.2) is 11.6 Å². The van der Waals surface area contributed by atoms with Gasteiger partial charge in [0.2, 0.25) is 5.95 Å². The molecule has 4 heterocycles. The molecular weight excluding hydrogens is 701 g/mol. The Hall–Kier alpha value is -7.83. The van der Waals surface area contributed by atoms with Gasteiger partial charge in [0.05, 0.1) is 11.0 Å². The van der Waals surface area contributed by atoms with Gasteiger partial charge in [-0.05, 0) is 41.5 Å². The normalized spacial score (nSPS) is 11.9. The topological polar surface area (TPSA) is 69.9 Å². The average molecular weight is 731 g/mol. The van der Waals surface area contributed by atoms with E-state index in [0.717, 1.165) is 99.1 Å². The molecule has 0 aliphatic heterocycles. The van der Waals surface area contributed by atoms with Crippen molar-refractivity contribution in [2.24, 2.45) is 0 Å². The molecule has 8 aromatic carbocycles. The molecule has 0 atom stereocenters. The molecule has 0 saturated carbocycles. The first kappa shape index (κ1) is 31.5. The molecule has 0 fully saturated rings. The van der Waals surface area contributed by atoms with Crippen LogP contribution in [0.1, 0.15) is 0 Å². The highest BCUT2D eigenvalue weighted by Gasteiger charge is 2.19. The second-order valence-corrected chi connectivity index (χ2v) is 14.4. The molecule has 12 aromatic rings. The lowest BCUT2D eigenvalue weighted by Crippen LogP contribution is -2.06. The third-order valence-corrected chi connectivity index (χ3v) is 11.1. The highest BCUT2D eigenvalue weighted by Crippen LogP contribution is 2.41. The predicted molar refractivity (Wildman–Crippen MR) is 230 cm³/mol. The number of hydrogen-bond donors (Lipinski definition) is 0. The maximum absolute atomic E-state index is 6.85. The summed E-state index contributed by atoms with van der Waals surface area (Å²) >= 11 is 0. The molecular formula is C51H30N4O2. The van der Waals surface area contributed by atoms with Crippen molar-refractivity contribution in [3.8, 4) is 51.0 Å². The smallest absolute Gasteiger partial charge is 0.238 e. The van der Waals surface area contributed by atoms with Gasteiger partial charge in [0, 0.05) is 54.6 Å². The Morgan fingerprint density at radius 3 is 1.53 bits per heavy atom. The number of fused-ring (bicyclic) bond motifs is 9. The second kappa shape index (κ2) is 12.3. The molecule has 0 spiro atoms. The third-order valence-electron chi connectivity index (χ3n) is 11.1. The first-order valence-corrected chi connectivity index (χ1v) is 19.0. The van der Waals surface area contributed by atoms with E-state index in [1.165, 1.54) is 0 Å². The Morgan fingerprint density at radius 2 is 0.842 bits per heavy atom. The SMILES string of the molecule is c1ccc(-c2nc(-c3ccc(-c4cccc5c4oc4c(-c6ccc7oc8ccccc8c7c6)cccc45)cc3)nc(-n3c4ccccc4c4ccccc43)n2)cc1. The zero-order chi connectivity index (χ0) is 37.5. The number of rotatable bonds is 5. The van der Waals surface area contributed by atoms with Crippen molar-refractivity contribution in [2.75, 3.05) is 0 Å². The lowest BCUT2D eigenvalue weighted by molar-refractivity contribution is 0.668. The molecule has 266 valence electrons. The lowest BCUT2D eigenvalue weighted by atomic mass is 9.99. The number of benzene rings is 8. The summed E-state index contributed by atoms with van der Waals surface area (Å²) < 4.78 is 15.1. The Bertz CT molecular complexity index is 3470. The van der Waals surface area contributed by atoms with E-state index in [4.69, 9.17) is 23.8 Å². The van der Waals surface area contributed by atoms with Gasteiger partial charge in [-0.3, -0.25) is 4.57 Å². The van der Waals surface area contributed by atoms with Crippen molar-refractivity contribution in [3.05, 3.63) is 182 Å². The fourth-order valence-electron chi connectivity index (χ4n) is 8.42. The van der Waals surface area contributed by atoms with Gasteiger partial charge in [-0.25, -0.2) is 4.98 Å². The van der Waals surface area contributed by atoms with Gasteiger partial charge in [0.1, 0.15) is 22.3 Å². The highest BCUT2D eigenvalue weighted by molar-refractivity contribution is 6.14. The average Bonchev–Trinajstić information content (AvgIpc) is 3.96. The van der Waals surface area contributed by atoms with E-state index in [2.05, 4.69) is 138 Å². The van der Waals surface area contributed by atoms with E-state index in [1.807, 2.05) is 48.5 Å². The molecule has 0 aliphatic carbocycles. The number of aromatic nitrogens is 4. The quantitative estimate of drug-likeness (QED) is 0.176. The van der Waals surface area contributed by atoms with E-state index >= 15 is 0 Å². The van der Waals surface area contributed by atoms with Crippen molar-refractivity contribution in [2.45, 2.75) is 0 Å². The molecule has 12 rings (SSSR count). The van der Waals surface area contributed by atoms with Crippen LogP contribution in [-0.4, -0.2) is 19.5 Å². The fraction of sp³-hybridized carbons (Fsp3) is 0. The van der Waals surface area contributed by atoms with Crippen LogP contribution in [0, 0.1) is 0 Å². The maximum Gasteiger partial charge on any atom is 0.238 e. The Morgan fingerprint density at radius 1 is 0.333 bits per heavy atom. The van der Waals surface area contributed by atoms with E-state index in [9.17, 15) is 0 Å². The van der Waals surface area contributed by atoms with E-state index in [-0.39, 0.29) is 0 Å². The molecule has 4 aromatic heterocycles. The second-order valence-electron chi connectivity index (χ2n) is 14.4. The number of furan rings is 2. The van der Waals surface area contributed by atoms with Gasteiger partial charge < -0.3 is 8.83 Å². The van der Waals surface area contributed by atoms with Crippen molar-refractivity contribution < 1.29 is 8.83 Å². The van der Waals surface area contributed by atoms with Gasteiger partial charge in [0.25, 0.3) is 0 Å². The summed E-state index contributed by atoms with van der Waals surface area (Å²) in [5.41, 5.74) is 11.6. The molecule has 0 saturated heterocycles. The molecule has 0 aliphatic rings. The lowest BCUT2D eigenvalue weighted by Gasteiger charge is -2.11. The fourth-order valence-corrected chi connectivity index (χ4v) is 8.42. The minimum atomic E-state index is 0.572. The summed E-state index contributed by atoms with van der Waals surface area (Å²) in [6.07, 6.45) is 0. The first-order valence-electron chi connectivity index (χ1n) is 19.0. The molecule has 0 bridgehead atoms. The Labute approximate surface area is 325 Å². The third kappa shape index (κ3) is 4.94. The van der Waals surface area contributed by atoms with Crippen LogP contribution in [0.4, 0.5) is 0 Å². The Kier molecular flexibility index (Phi) is 6.83. The molecule has 0 N–H and O–H groups in total. The van der Waals surface area contributed by atoms with Gasteiger partial charge in [-0.2, -0.15) is 9.97 Å². The molecule has 57 heavy (non-hydrogen) atoms. The summed E-state index contributed by atoms with van der Waals surface area (Å²) in [7, 11) is 0. The molecule has 6 heteroatoms. The molecule has 0 unspecified atom stereocenters. The number of hydrogen-bond acceptors (Lipinski definition) is 5. The zero-order valence-corrected chi connectivity index (χ0v) is 30.4. The van der Waals surface area contributed by atoms with Crippen LogP contribution >= 0.6 is 0 Å². The predicted octanol–water partition coefficient (Wildman–Crippen LogP) is 13.4. The number of para-hydroxylation sites is 5. The maximum atomic E-state index is 6.85. The van der Waals surface area contributed by atoms with Gasteiger partial charge >= 0.3 is 0 Å². The monoisotopic (exact) mass is 730 g/mol. The van der Waals surface area contributed by atoms with Crippen LogP contribution in [0.3, 0.4) is 0 Å². The molecule has 6 nitrogen and oxygen atoms in total. The van der Waals surface area contributed by atoms with E-state index in [1.54, 1.807) is 0 Å². The molecule has 0 amide bonds. The van der Waals surface area contributed by atoms with Crippen molar-refractivity contribution in [1.29, 1.82) is 0 Å². The van der Waals surface area contributed by atoms with E-state index in [0.29, 0.717) is 17.6 Å². The van der Waals surface area contributed by atoms with Crippen LogP contribution in [0.5, 0.6) is 0 Å². The minimum Gasteiger partial charge on any atom is -0.456 e. The van der Waals surface area contributed by atoms with Crippen LogP contribution in [0.2, 0.25) is 0 Å². The minimum absolute atomic E-state index is 0.572. The summed E-state index contributed by atoms with van der Waals surface area (Å²) in [4.78, 5) is 15.2. The van der Waals surface area contributed by atoms with Crippen molar-refractivity contribution in [3.63, 3.8) is 0 Å². The summed E-state index contributed by atoms with van der Waals surface area (Å²) in [5, 5.41) is 6.65. The zero-order valence-electron chi connectivity index (χ0n) is 30.4. The van der Waals surface area contributed by atoms with Crippen LogP contribution in [0.15, 0.2) is 191 Å². The summed E-state index contributed by atoms with van der Waals surface area (Å²) in [6.45, 7) is 0. The first-order chi connectivity index (χ1) is 28.2. The summed E-state index contributed by atoms with van der Waals surface area (Å²) in [5.74, 6) is 1.79. The van der Waals surface area contributed by atoms with Crippen LogP contribution < -0.4 is 0 Å². The standard InChI is InChI=1S/C51H30N4O2/c1-2-12-32(13-3-1)49-52-50(54-51(53-49)55-43-21-7-4-14-37(43)38-15-5-8-22-44(38)55)33-26-24-31(25-27-33)35-17-10-19-40-41-20-11-18-36(48(41)57-47(35)40)34-28-29-46-42(30-34)39-16-6-9-23-45(39)56-46/h1-30H. The number of nitrogens with zero attached hydrogens (tertiary/aromatic N) is 4. The molecule has 0 radical (unpaired) electrons. The van der Waals surface area contributed by atoms with E-state index < -0.39 is 0 Å².